The van der Waals surface area contributed by atoms with Gasteiger partial charge in [0.1, 0.15) is 11.5 Å². The Kier molecular flexibility index (Phi) is 6.28. The molecule has 7 nitrogen and oxygen atoms in total. The van der Waals surface area contributed by atoms with Crippen molar-refractivity contribution in [1.82, 2.24) is 19.7 Å². The predicted molar refractivity (Wildman–Crippen MR) is 126 cm³/mol. The molecule has 0 atom stereocenters. The summed E-state index contributed by atoms with van der Waals surface area (Å²) in [5.74, 6) is 1.75. The SMILES string of the molecule is COc1cc(Nc2nc(Oc3cccc(Cl)c3)n(C(C)C)n2)ccc1-c1ccnc(C)c1. The van der Waals surface area contributed by atoms with E-state index >= 15 is 0 Å². The molecule has 0 aliphatic carbocycles. The maximum atomic E-state index is 6.07. The van der Waals surface area contributed by atoms with E-state index in [4.69, 9.17) is 21.1 Å². The van der Waals surface area contributed by atoms with Gasteiger partial charge >= 0.3 is 6.01 Å². The third-order valence-corrected chi connectivity index (χ3v) is 4.99. The monoisotopic (exact) mass is 449 g/mol. The van der Waals surface area contributed by atoms with Gasteiger partial charge in [-0.25, -0.2) is 4.68 Å². The first kappa shape index (κ1) is 21.6. The van der Waals surface area contributed by atoms with Crippen LogP contribution in [0, 0.1) is 6.92 Å². The summed E-state index contributed by atoms with van der Waals surface area (Å²) in [5, 5.41) is 8.39. The van der Waals surface area contributed by atoms with Crippen molar-refractivity contribution in [3.63, 3.8) is 0 Å². The molecule has 2 heterocycles. The summed E-state index contributed by atoms with van der Waals surface area (Å²) in [7, 11) is 1.65. The molecule has 32 heavy (non-hydrogen) atoms. The van der Waals surface area contributed by atoms with Crippen LogP contribution in [0.25, 0.3) is 11.1 Å². The summed E-state index contributed by atoms with van der Waals surface area (Å²) in [4.78, 5) is 8.79. The number of aromatic nitrogens is 4. The van der Waals surface area contributed by atoms with Crippen molar-refractivity contribution < 1.29 is 9.47 Å². The molecule has 0 unspecified atom stereocenters. The van der Waals surface area contributed by atoms with Gasteiger partial charge in [0.2, 0.25) is 5.95 Å². The molecule has 0 saturated carbocycles. The van der Waals surface area contributed by atoms with Crippen LogP contribution < -0.4 is 14.8 Å². The van der Waals surface area contributed by atoms with Crippen molar-refractivity contribution in [3.8, 4) is 28.6 Å². The van der Waals surface area contributed by atoms with Crippen LogP contribution in [0.5, 0.6) is 17.5 Å². The van der Waals surface area contributed by atoms with Gasteiger partial charge in [-0.05, 0) is 68.8 Å². The number of nitrogens with zero attached hydrogens (tertiary/aromatic N) is 4. The minimum Gasteiger partial charge on any atom is -0.496 e. The number of halogens is 1. The zero-order valence-electron chi connectivity index (χ0n) is 18.3. The molecule has 164 valence electrons. The number of aryl methyl sites for hydroxylation is 1. The minimum atomic E-state index is 0.0547. The first-order valence-corrected chi connectivity index (χ1v) is 10.6. The lowest BCUT2D eigenvalue weighted by molar-refractivity contribution is 0.376. The summed E-state index contributed by atoms with van der Waals surface area (Å²) in [5.41, 5.74) is 3.77. The Balaban J connectivity index is 1.61. The number of methoxy groups -OCH3 is 1. The topological polar surface area (TPSA) is 74.1 Å². The van der Waals surface area contributed by atoms with E-state index < -0.39 is 0 Å². The van der Waals surface area contributed by atoms with Crippen molar-refractivity contribution in [2.75, 3.05) is 12.4 Å². The first-order valence-electron chi connectivity index (χ1n) is 10.2. The maximum absolute atomic E-state index is 6.07. The van der Waals surface area contributed by atoms with Crippen LogP contribution in [0.3, 0.4) is 0 Å². The Morgan fingerprint density at radius 2 is 1.91 bits per heavy atom. The third-order valence-electron chi connectivity index (χ3n) is 4.76. The van der Waals surface area contributed by atoms with Gasteiger partial charge < -0.3 is 14.8 Å². The van der Waals surface area contributed by atoms with Crippen LogP contribution in [-0.4, -0.2) is 26.9 Å². The van der Waals surface area contributed by atoms with E-state index in [9.17, 15) is 0 Å². The Morgan fingerprint density at radius 3 is 2.62 bits per heavy atom. The van der Waals surface area contributed by atoms with Crippen molar-refractivity contribution in [2.45, 2.75) is 26.8 Å². The van der Waals surface area contributed by atoms with Gasteiger partial charge in [-0.2, -0.15) is 4.98 Å². The number of rotatable bonds is 7. The average Bonchev–Trinajstić information content (AvgIpc) is 3.16. The van der Waals surface area contributed by atoms with Crippen LogP contribution in [-0.2, 0) is 0 Å². The maximum Gasteiger partial charge on any atom is 0.322 e. The highest BCUT2D eigenvalue weighted by Gasteiger charge is 2.16. The highest BCUT2D eigenvalue weighted by Crippen LogP contribution is 2.34. The standard InChI is InChI=1S/C24H24ClN5O2/c1-15(2)30-24(32-20-7-5-6-18(25)13-20)28-23(29-30)27-19-8-9-21(22(14-19)31-4)17-10-11-26-16(3)12-17/h5-15H,1-4H3,(H,27,29). The Morgan fingerprint density at radius 1 is 1.06 bits per heavy atom. The van der Waals surface area contributed by atoms with Crippen LogP contribution in [0.1, 0.15) is 25.6 Å². The van der Waals surface area contributed by atoms with Gasteiger partial charge in [-0.3, -0.25) is 4.98 Å². The average molecular weight is 450 g/mol. The lowest BCUT2D eigenvalue weighted by Crippen LogP contribution is -2.05. The summed E-state index contributed by atoms with van der Waals surface area (Å²) >= 11 is 6.07. The number of benzene rings is 2. The normalized spacial score (nSPS) is 10.9. The number of nitrogens with one attached hydrogen (secondary N) is 1. The fourth-order valence-electron chi connectivity index (χ4n) is 3.25. The molecule has 1 N–H and O–H groups in total. The Labute approximate surface area is 192 Å². The molecule has 2 aromatic carbocycles. The van der Waals surface area contributed by atoms with Crippen LogP contribution >= 0.6 is 11.6 Å². The van der Waals surface area contributed by atoms with Crippen LogP contribution in [0.2, 0.25) is 5.02 Å². The van der Waals surface area contributed by atoms with Gasteiger partial charge in [0.25, 0.3) is 0 Å². The van der Waals surface area contributed by atoms with E-state index in [2.05, 4.69) is 20.4 Å². The van der Waals surface area contributed by atoms with Crippen molar-refractivity contribution in [3.05, 3.63) is 71.5 Å². The fraction of sp³-hybridized carbons (Fsp3) is 0.208. The number of ether oxygens (including phenoxy) is 2. The van der Waals surface area contributed by atoms with E-state index in [1.807, 2.05) is 63.2 Å². The van der Waals surface area contributed by atoms with Crippen LogP contribution in [0.4, 0.5) is 11.6 Å². The quantitative estimate of drug-likeness (QED) is 0.350. The Hall–Kier alpha value is -3.58. The summed E-state index contributed by atoms with van der Waals surface area (Å²) in [6.45, 7) is 5.99. The molecule has 8 heteroatoms. The first-order chi connectivity index (χ1) is 15.4. The molecule has 0 spiro atoms. The van der Waals surface area contributed by atoms with Gasteiger partial charge in [0.15, 0.2) is 0 Å². The van der Waals surface area contributed by atoms with E-state index in [-0.39, 0.29) is 6.04 Å². The van der Waals surface area contributed by atoms with E-state index in [0.29, 0.717) is 22.7 Å². The van der Waals surface area contributed by atoms with Crippen LogP contribution in [0.15, 0.2) is 60.8 Å². The fourth-order valence-corrected chi connectivity index (χ4v) is 3.43. The molecule has 0 aliphatic rings. The van der Waals surface area contributed by atoms with Gasteiger partial charge in [-0.1, -0.05) is 17.7 Å². The summed E-state index contributed by atoms with van der Waals surface area (Å²) in [6.07, 6.45) is 1.79. The molecule has 0 aliphatic heterocycles. The van der Waals surface area contributed by atoms with Crippen molar-refractivity contribution >= 4 is 23.2 Å². The highest BCUT2D eigenvalue weighted by molar-refractivity contribution is 6.30. The predicted octanol–water partition coefficient (Wildman–Crippen LogP) is 6.43. The third kappa shape index (κ3) is 4.84. The molecule has 0 radical (unpaired) electrons. The molecule has 4 rings (SSSR count). The molecule has 0 bridgehead atoms. The molecule has 4 aromatic rings. The second-order valence-electron chi connectivity index (χ2n) is 7.54. The summed E-state index contributed by atoms with van der Waals surface area (Å²) in [6, 6.07) is 17.5. The second kappa shape index (κ2) is 9.28. The molecule has 0 saturated heterocycles. The Bertz CT molecular complexity index is 1240. The smallest absolute Gasteiger partial charge is 0.322 e. The highest BCUT2D eigenvalue weighted by atomic mass is 35.5. The number of pyridine rings is 1. The second-order valence-corrected chi connectivity index (χ2v) is 7.98. The van der Waals surface area contributed by atoms with Gasteiger partial charge in [0, 0.05) is 34.2 Å². The summed E-state index contributed by atoms with van der Waals surface area (Å²) < 4.78 is 13.3. The number of hydrogen-bond acceptors (Lipinski definition) is 6. The molecule has 0 amide bonds. The van der Waals surface area contributed by atoms with E-state index in [1.54, 1.807) is 30.1 Å². The van der Waals surface area contributed by atoms with E-state index in [0.717, 1.165) is 28.3 Å². The lowest BCUT2D eigenvalue weighted by atomic mass is 10.0. The van der Waals surface area contributed by atoms with Gasteiger partial charge in [0.05, 0.1) is 13.2 Å². The molecule has 0 fully saturated rings. The largest absolute Gasteiger partial charge is 0.496 e. The van der Waals surface area contributed by atoms with E-state index in [1.165, 1.54) is 0 Å². The molecular weight excluding hydrogens is 426 g/mol. The number of hydrogen-bond donors (Lipinski definition) is 1. The zero-order chi connectivity index (χ0) is 22.7. The lowest BCUT2D eigenvalue weighted by Gasteiger charge is -2.11. The molecule has 2 aromatic heterocycles. The van der Waals surface area contributed by atoms with Crippen molar-refractivity contribution in [1.29, 1.82) is 0 Å². The van der Waals surface area contributed by atoms with Crippen molar-refractivity contribution in [2.24, 2.45) is 0 Å². The number of anilines is 2. The zero-order valence-corrected chi connectivity index (χ0v) is 19.1. The van der Waals surface area contributed by atoms with Gasteiger partial charge in [-0.15, -0.1) is 5.10 Å². The minimum absolute atomic E-state index is 0.0547. The molecular formula is C24H24ClN5O2.